The number of para-hydroxylation sites is 6. The van der Waals surface area contributed by atoms with Crippen molar-refractivity contribution >= 4 is 44.1 Å². The quantitative estimate of drug-likeness (QED) is 0.0362. The molecule has 0 saturated heterocycles. The van der Waals surface area contributed by atoms with Gasteiger partial charge < -0.3 is 56.2 Å². The first-order valence-electron chi connectivity index (χ1n) is 41.7. The fourth-order valence-corrected chi connectivity index (χ4v) is 16.3. The second-order valence-corrected chi connectivity index (χ2v) is 32.4. The minimum atomic E-state index is -0.191. The fourth-order valence-electron chi connectivity index (χ4n) is 16.3. The third kappa shape index (κ3) is 20.4. The maximum atomic E-state index is 10.3. The number of aliphatic hydroxyl groups is 2. The van der Waals surface area contributed by atoms with Gasteiger partial charge in [0.2, 0.25) is 22.5 Å². The van der Waals surface area contributed by atoms with Gasteiger partial charge in [-0.1, -0.05) is 281 Å². The van der Waals surface area contributed by atoms with Gasteiger partial charge in [0, 0.05) is 21.3 Å². The van der Waals surface area contributed by atoms with E-state index in [0.29, 0.717) is 62.5 Å². The topological polar surface area (TPSA) is 182 Å². The second-order valence-electron chi connectivity index (χ2n) is 32.4. The summed E-state index contributed by atoms with van der Waals surface area (Å²) in [4.78, 5) is 4.75. The smallest absolute Gasteiger partial charge is 0.206 e. The number of nitrogens with zero attached hydrogens (tertiary/aromatic N) is 9. The van der Waals surface area contributed by atoms with E-state index in [9.17, 15) is 10.2 Å². The first-order chi connectivity index (χ1) is 58.2. The van der Waals surface area contributed by atoms with E-state index in [2.05, 4.69) is 335 Å². The summed E-state index contributed by atoms with van der Waals surface area (Å²) in [6.07, 6.45) is 3.08. The molecule has 4 atom stereocenters. The van der Waals surface area contributed by atoms with Gasteiger partial charge in [-0.3, -0.25) is 21.2 Å². The molecule has 0 saturated carbocycles. The summed E-state index contributed by atoms with van der Waals surface area (Å²) >= 11 is 0. The number of hydrogen-bond donors (Lipinski definition) is 5. The molecule has 0 aliphatic heterocycles. The zero-order valence-electron chi connectivity index (χ0n) is 71.7. The molecular formula is C104H116N12O4. The highest BCUT2D eigenvalue weighted by molar-refractivity contribution is 5.79. The predicted molar refractivity (Wildman–Crippen MR) is 488 cm³/mol. The lowest BCUT2D eigenvalue weighted by molar-refractivity contribution is 0.154. The molecule has 0 radical (unpaired) electrons. The summed E-state index contributed by atoms with van der Waals surface area (Å²) < 4.78 is 28.2. The van der Waals surface area contributed by atoms with Crippen LogP contribution in [0.1, 0.15) is 119 Å². The number of nitrogens with one attached hydrogen (secondary N) is 3. The van der Waals surface area contributed by atoms with E-state index in [1.165, 1.54) is 83.4 Å². The van der Waals surface area contributed by atoms with Gasteiger partial charge in [0.25, 0.3) is 0 Å². The van der Waals surface area contributed by atoms with Crippen LogP contribution in [0.25, 0.3) is 44.1 Å². The van der Waals surface area contributed by atoms with Crippen LogP contribution in [0.15, 0.2) is 290 Å². The summed E-state index contributed by atoms with van der Waals surface area (Å²) in [5.74, 6) is 0. The van der Waals surface area contributed by atoms with Crippen molar-refractivity contribution in [3.8, 4) is 0 Å². The molecule has 4 heterocycles. The fraction of sp³-hybridized carbons (Fsp3) is 0.269. The summed E-state index contributed by atoms with van der Waals surface area (Å²) in [5, 5.41) is 47.4. The summed E-state index contributed by atoms with van der Waals surface area (Å²) in [6, 6.07) is 99.5. The molecule has 12 aromatic carbocycles. The third-order valence-electron chi connectivity index (χ3n) is 22.9. The molecule has 0 spiro atoms. The number of rotatable bonds is 26. The number of methoxy groups -OCH3 is 2. The lowest BCUT2D eigenvalue weighted by Crippen LogP contribution is -2.32. The molecule has 0 bridgehead atoms. The number of aromatic nitrogens is 8. The molecule has 16 heteroatoms. The molecule has 4 aromatic heterocycles. The standard InChI is InChI=1S/C27H31N3O.2C26H29N3O.C25H27N3O/c1-20-9-13-22(14-10-20)17-24(19-31-4)30-26-8-6-5-7-25(26)29(27(30)28-3)18-23-15-11-21(2)12-16-23;1-18-4-9-21(10-5-18)15-23(17-30)29-25-14-20(3)8-13-24(25)28(26(29)27)16-22-11-6-19(2)7-12-22;1-19-8-12-21(13-9-19)16-23(18-30-3)29-25-7-5-4-6-24(25)28(26(29)27)17-22-14-10-20(2)11-15-22;1-18-7-11-20(12-8-18)15-22(17-29)28-24-6-4-3-5-23(24)27(25(28)26)16-21-13-9-19(2)10-14-21/h5-16,24H,17-19H2,1-4H3;4-14,23,27,30H,15-17H2,1-3H3;4-15,23,27H,16-18H2,1-3H3;3-14,22,26,29H,15-17H2,1-2H3/t24-;2*23-;22-/m0000/s1. The Morgan fingerprint density at radius 3 is 0.783 bits per heavy atom. The lowest BCUT2D eigenvalue weighted by Gasteiger charge is -2.19. The molecular weight excluding hydrogens is 1480 g/mol. The molecule has 0 amide bonds. The zero-order valence-corrected chi connectivity index (χ0v) is 71.7. The van der Waals surface area contributed by atoms with Crippen molar-refractivity contribution in [2.75, 3.05) is 47.7 Å². The number of aryl methyl sites for hydroxylation is 9. The second kappa shape index (κ2) is 39.9. The number of fused-ring (bicyclic) bond motifs is 4. The Morgan fingerprint density at radius 2 is 0.492 bits per heavy atom. The van der Waals surface area contributed by atoms with Crippen LogP contribution in [-0.2, 0) is 61.3 Å². The number of benzene rings is 12. The van der Waals surface area contributed by atoms with Crippen LogP contribution in [0.2, 0.25) is 0 Å². The Kier molecular flexibility index (Phi) is 28.4. The molecule has 16 nitrogen and oxygen atoms in total. The summed E-state index contributed by atoms with van der Waals surface area (Å²) in [5.41, 5.74) is 31.6. The van der Waals surface area contributed by atoms with Crippen LogP contribution >= 0.6 is 0 Å². The van der Waals surface area contributed by atoms with E-state index >= 15 is 0 Å². The minimum Gasteiger partial charge on any atom is -0.394 e. The van der Waals surface area contributed by atoms with E-state index in [1.54, 1.807) is 14.2 Å². The summed E-state index contributed by atoms with van der Waals surface area (Å²) in [7, 11) is 5.39. The normalized spacial score (nSPS) is 12.6. The van der Waals surface area contributed by atoms with Gasteiger partial charge in [-0.2, -0.15) is 0 Å². The van der Waals surface area contributed by atoms with Gasteiger partial charge in [-0.25, -0.2) is 0 Å². The maximum Gasteiger partial charge on any atom is 0.206 e. The third-order valence-corrected chi connectivity index (χ3v) is 22.9. The number of aliphatic hydroxyl groups excluding tert-OH is 2. The van der Waals surface area contributed by atoms with E-state index in [0.717, 1.165) is 80.4 Å². The van der Waals surface area contributed by atoms with Gasteiger partial charge in [0.15, 0.2) is 0 Å². The lowest BCUT2D eigenvalue weighted by atomic mass is 10.0. The van der Waals surface area contributed by atoms with Crippen LogP contribution in [0.5, 0.6) is 0 Å². The minimum absolute atomic E-state index is 0.0109. The van der Waals surface area contributed by atoms with Gasteiger partial charge in [0.1, 0.15) is 0 Å². The average molecular weight is 1600 g/mol. The first kappa shape index (κ1) is 85.4. The molecule has 120 heavy (non-hydrogen) atoms. The van der Waals surface area contributed by atoms with Crippen molar-refractivity contribution in [3.63, 3.8) is 0 Å². The Labute approximate surface area is 705 Å². The predicted octanol–water partition coefficient (Wildman–Crippen LogP) is 19.1. The molecule has 0 aliphatic carbocycles. The van der Waals surface area contributed by atoms with E-state index < -0.39 is 0 Å². The highest BCUT2D eigenvalue weighted by Gasteiger charge is 2.25. The van der Waals surface area contributed by atoms with E-state index in [-0.39, 0.29) is 37.4 Å². The Balaban J connectivity index is 0.000000138. The van der Waals surface area contributed by atoms with Crippen molar-refractivity contribution in [1.82, 2.24) is 36.5 Å². The maximum absolute atomic E-state index is 10.3. The summed E-state index contributed by atoms with van der Waals surface area (Å²) in [6.45, 7) is 22.7. The van der Waals surface area contributed by atoms with Crippen molar-refractivity contribution in [2.45, 2.75) is 138 Å². The average Bonchev–Trinajstić information content (AvgIpc) is 1.63. The SMILES string of the molecule is CN=c1n(Cc2ccc(C)cc2)c2ccccc2n1[C@H](COC)Cc1ccc(C)cc1.COC[C@H](Cc1ccc(C)cc1)n1c(=N)n(Cc2ccc(C)cc2)c2ccccc21.Cc1ccc(C[C@@H](CO)n2c(=N)n(Cc3ccc(C)cc3)c3ccc(C)cc32)cc1.Cc1ccc(C[C@@H](CO)n2c(=N)n(Cc3ccc(C)cc3)c3ccccc32)cc1. The highest BCUT2D eigenvalue weighted by atomic mass is 16.5. The van der Waals surface area contributed by atoms with Crippen LogP contribution in [0, 0.1) is 78.5 Å². The van der Waals surface area contributed by atoms with Crippen molar-refractivity contribution in [2.24, 2.45) is 4.99 Å². The van der Waals surface area contributed by atoms with Gasteiger partial charge in [-0.15, -0.1) is 0 Å². The number of hydrogen-bond acceptors (Lipinski definition) is 8. The van der Waals surface area contributed by atoms with Gasteiger partial charge >= 0.3 is 0 Å². The van der Waals surface area contributed by atoms with Crippen molar-refractivity contribution in [3.05, 3.63) is 402 Å². The zero-order chi connectivity index (χ0) is 84.5. The molecule has 0 aliphatic rings. The van der Waals surface area contributed by atoms with Crippen molar-refractivity contribution < 1.29 is 19.7 Å². The molecule has 16 rings (SSSR count). The van der Waals surface area contributed by atoms with Crippen LogP contribution in [0.4, 0.5) is 0 Å². The Hall–Kier alpha value is -12.4. The van der Waals surface area contributed by atoms with Gasteiger partial charge in [0.05, 0.1) is 121 Å². The largest absolute Gasteiger partial charge is 0.394 e. The van der Waals surface area contributed by atoms with E-state index in [4.69, 9.17) is 30.7 Å². The van der Waals surface area contributed by atoms with Crippen molar-refractivity contribution in [1.29, 1.82) is 16.2 Å². The number of imidazole rings is 4. The van der Waals surface area contributed by atoms with Crippen LogP contribution in [0.3, 0.4) is 0 Å². The molecule has 16 aromatic rings. The molecule has 616 valence electrons. The number of ether oxygens (including phenoxy) is 2. The molecule has 0 fully saturated rings. The van der Waals surface area contributed by atoms with Crippen LogP contribution in [-0.4, -0.2) is 94.4 Å². The monoisotopic (exact) mass is 1600 g/mol. The van der Waals surface area contributed by atoms with Gasteiger partial charge in [-0.05, 0) is 187 Å². The first-order valence-corrected chi connectivity index (χ1v) is 41.7. The Morgan fingerprint density at radius 1 is 0.267 bits per heavy atom. The highest BCUT2D eigenvalue weighted by Crippen LogP contribution is 2.29. The van der Waals surface area contributed by atoms with Crippen LogP contribution < -0.4 is 22.5 Å². The molecule has 0 unspecified atom stereocenters. The Bertz CT molecular complexity index is 6340. The molecule has 5 N–H and O–H groups in total. The van der Waals surface area contributed by atoms with E-state index in [1.807, 2.05) is 55.6 Å².